The van der Waals surface area contributed by atoms with Crippen LogP contribution >= 0.6 is 0 Å². The quantitative estimate of drug-likeness (QED) is 0.632. The molecule has 1 aliphatic heterocycles. The molecule has 0 radical (unpaired) electrons. The predicted octanol–water partition coefficient (Wildman–Crippen LogP) is 4.58. The number of halogens is 3. The van der Waals surface area contributed by atoms with Crippen LogP contribution in [0.5, 0.6) is 0 Å². The van der Waals surface area contributed by atoms with Crippen LogP contribution in [0.3, 0.4) is 0 Å². The van der Waals surface area contributed by atoms with Gasteiger partial charge in [-0.2, -0.15) is 17.5 Å². The molecule has 0 aromatic heterocycles. The van der Waals surface area contributed by atoms with Gasteiger partial charge in [0, 0.05) is 31.3 Å². The van der Waals surface area contributed by atoms with Gasteiger partial charge in [-0.1, -0.05) is 13.8 Å². The van der Waals surface area contributed by atoms with Crippen LogP contribution in [0.25, 0.3) is 0 Å². The van der Waals surface area contributed by atoms with Crippen molar-refractivity contribution in [3.05, 3.63) is 53.6 Å². The maximum absolute atomic E-state index is 13.5. The zero-order valence-electron chi connectivity index (χ0n) is 18.9. The van der Waals surface area contributed by atoms with Crippen molar-refractivity contribution < 1.29 is 31.2 Å². The lowest BCUT2D eigenvalue weighted by Gasteiger charge is -2.34. The summed E-state index contributed by atoms with van der Waals surface area (Å²) in [5.74, 6) is -0.915. The summed E-state index contributed by atoms with van der Waals surface area (Å²) in [5.41, 5.74) is -1.67. The molecule has 2 atom stereocenters. The van der Waals surface area contributed by atoms with Crippen LogP contribution in [0, 0.1) is 11.8 Å². The third-order valence-electron chi connectivity index (χ3n) is 5.48. The van der Waals surface area contributed by atoms with Crippen LogP contribution in [-0.2, 0) is 21.0 Å². The molecule has 0 saturated carbocycles. The molecular formula is C23H26F3N3O4S. The Hall–Kier alpha value is -2.92. The van der Waals surface area contributed by atoms with Gasteiger partial charge in [0.1, 0.15) is 0 Å². The van der Waals surface area contributed by atoms with Gasteiger partial charge < -0.3 is 10.6 Å². The summed E-state index contributed by atoms with van der Waals surface area (Å²) in [7, 11) is -3.75. The van der Waals surface area contributed by atoms with E-state index in [2.05, 4.69) is 10.6 Å². The van der Waals surface area contributed by atoms with Crippen molar-refractivity contribution in [2.24, 2.45) is 11.8 Å². The zero-order chi connectivity index (χ0) is 25.3. The Morgan fingerprint density at radius 1 is 0.971 bits per heavy atom. The first-order valence-corrected chi connectivity index (χ1v) is 12.1. The minimum Gasteiger partial charge on any atom is -0.326 e. The van der Waals surface area contributed by atoms with Gasteiger partial charge in [0.15, 0.2) is 0 Å². The number of rotatable bonds is 5. The van der Waals surface area contributed by atoms with Crippen LogP contribution in [0.4, 0.5) is 24.5 Å². The van der Waals surface area contributed by atoms with E-state index in [0.717, 1.165) is 18.6 Å². The Bertz CT molecular complexity index is 1170. The number of carbonyl (C=O) groups excluding carboxylic acids is 2. The van der Waals surface area contributed by atoms with Gasteiger partial charge in [-0.15, -0.1) is 0 Å². The molecule has 7 nitrogen and oxygen atoms in total. The van der Waals surface area contributed by atoms with Crippen molar-refractivity contribution in [3.8, 4) is 0 Å². The van der Waals surface area contributed by atoms with Crippen LogP contribution in [0.15, 0.2) is 47.4 Å². The molecule has 11 heteroatoms. The summed E-state index contributed by atoms with van der Waals surface area (Å²) in [6.07, 6.45) is -3.84. The van der Waals surface area contributed by atoms with E-state index in [1.807, 2.05) is 13.8 Å². The zero-order valence-corrected chi connectivity index (χ0v) is 19.8. The molecule has 2 unspecified atom stereocenters. The van der Waals surface area contributed by atoms with Gasteiger partial charge in [-0.3, -0.25) is 9.59 Å². The predicted molar refractivity (Wildman–Crippen MR) is 122 cm³/mol. The van der Waals surface area contributed by atoms with Crippen LogP contribution in [0.1, 0.15) is 43.1 Å². The number of anilines is 2. The lowest BCUT2D eigenvalue weighted by Crippen LogP contribution is -2.42. The molecule has 2 N–H and O–H groups in total. The average molecular weight is 498 g/mol. The highest BCUT2D eigenvalue weighted by Crippen LogP contribution is 2.37. The van der Waals surface area contributed by atoms with Gasteiger partial charge in [0.2, 0.25) is 15.9 Å². The third kappa shape index (κ3) is 5.95. The number of hydrogen-bond donors (Lipinski definition) is 2. The molecule has 0 aliphatic carbocycles. The Kier molecular flexibility index (Phi) is 7.37. The van der Waals surface area contributed by atoms with Gasteiger partial charge in [0.05, 0.1) is 16.1 Å². The number of carbonyl (C=O) groups is 2. The SMILES string of the molecule is CC(=O)Nc1ccc(NC(=O)c2ccc(S(=O)(=O)N3CC(C)CC(C)C3)cc2)c(C(F)(F)F)c1. The highest BCUT2D eigenvalue weighted by atomic mass is 32.2. The molecule has 1 aliphatic rings. The molecule has 34 heavy (non-hydrogen) atoms. The molecule has 3 rings (SSSR count). The molecule has 0 bridgehead atoms. The molecule has 2 amide bonds. The normalized spacial score (nSPS) is 19.5. The number of alkyl halides is 3. The minimum atomic E-state index is -4.78. The monoisotopic (exact) mass is 497 g/mol. The van der Waals surface area contributed by atoms with E-state index in [9.17, 15) is 31.2 Å². The number of sulfonamides is 1. The second-order valence-corrected chi connectivity index (χ2v) is 10.6. The topological polar surface area (TPSA) is 95.6 Å². The molecule has 2 aromatic carbocycles. The number of piperidine rings is 1. The van der Waals surface area contributed by atoms with Crippen molar-refractivity contribution in [2.45, 2.75) is 38.3 Å². The van der Waals surface area contributed by atoms with Gasteiger partial charge >= 0.3 is 6.18 Å². The van der Waals surface area contributed by atoms with Crippen molar-refractivity contribution in [2.75, 3.05) is 23.7 Å². The summed E-state index contributed by atoms with van der Waals surface area (Å²) in [4.78, 5) is 23.8. The number of hydrogen-bond acceptors (Lipinski definition) is 4. The molecule has 1 fully saturated rings. The van der Waals surface area contributed by atoms with E-state index >= 15 is 0 Å². The first-order chi connectivity index (χ1) is 15.8. The van der Waals surface area contributed by atoms with E-state index in [1.54, 1.807) is 0 Å². The maximum atomic E-state index is 13.5. The molecule has 1 saturated heterocycles. The summed E-state index contributed by atoms with van der Waals surface area (Å²) in [6, 6.07) is 8.09. The van der Waals surface area contributed by atoms with Crippen molar-refractivity contribution in [1.29, 1.82) is 0 Å². The van der Waals surface area contributed by atoms with Crippen LogP contribution < -0.4 is 10.6 Å². The van der Waals surface area contributed by atoms with Crippen molar-refractivity contribution in [3.63, 3.8) is 0 Å². The molecule has 1 heterocycles. The van der Waals surface area contributed by atoms with Crippen molar-refractivity contribution >= 4 is 33.2 Å². The smallest absolute Gasteiger partial charge is 0.326 e. The number of amides is 2. The summed E-state index contributed by atoms with van der Waals surface area (Å²) in [5, 5.41) is 4.49. The lowest BCUT2D eigenvalue weighted by atomic mass is 9.94. The second kappa shape index (κ2) is 9.75. The van der Waals surface area contributed by atoms with Gasteiger partial charge in [-0.25, -0.2) is 8.42 Å². The number of benzene rings is 2. The van der Waals surface area contributed by atoms with Gasteiger partial charge in [0.25, 0.3) is 5.91 Å². The molecular weight excluding hydrogens is 471 g/mol. The Labute approximate surface area is 196 Å². The highest BCUT2D eigenvalue weighted by Gasteiger charge is 2.35. The van der Waals surface area contributed by atoms with E-state index in [4.69, 9.17) is 0 Å². The standard InChI is InChI=1S/C23H26F3N3O4S/c1-14-10-15(2)13-29(12-14)34(32,33)19-7-4-17(5-8-19)22(31)28-21-9-6-18(27-16(3)30)11-20(21)23(24,25)26/h4-9,11,14-15H,10,12-13H2,1-3H3,(H,27,30)(H,28,31). The second-order valence-electron chi connectivity index (χ2n) is 8.69. The maximum Gasteiger partial charge on any atom is 0.418 e. The summed E-state index contributed by atoms with van der Waals surface area (Å²) < 4.78 is 67.9. The minimum absolute atomic E-state index is 0.00149. The van der Waals surface area contributed by atoms with E-state index < -0.39 is 39.3 Å². The first kappa shape index (κ1) is 25.7. The lowest BCUT2D eigenvalue weighted by molar-refractivity contribution is -0.137. The van der Waals surface area contributed by atoms with Crippen LogP contribution in [-0.4, -0.2) is 37.6 Å². The Balaban J connectivity index is 1.81. The first-order valence-electron chi connectivity index (χ1n) is 10.7. The fourth-order valence-electron chi connectivity index (χ4n) is 4.09. The number of nitrogens with one attached hydrogen (secondary N) is 2. The molecule has 184 valence electrons. The van der Waals surface area contributed by atoms with Crippen LogP contribution in [0.2, 0.25) is 0 Å². The fourth-order valence-corrected chi connectivity index (χ4v) is 5.77. The summed E-state index contributed by atoms with van der Waals surface area (Å²) >= 11 is 0. The average Bonchev–Trinajstić information content (AvgIpc) is 2.73. The van der Waals surface area contributed by atoms with E-state index in [0.29, 0.717) is 13.1 Å². The third-order valence-corrected chi connectivity index (χ3v) is 7.33. The Morgan fingerprint density at radius 3 is 2.09 bits per heavy atom. The van der Waals surface area contributed by atoms with Crippen molar-refractivity contribution in [1.82, 2.24) is 4.31 Å². The molecule has 2 aromatic rings. The van der Waals surface area contributed by atoms with Gasteiger partial charge in [-0.05, 0) is 60.7 Å². The molecule has 0 spiro atoms. The number of nitrogens with zero attached hydrogens (tertiary/aromatic N) is 1. The Morgan fingerprint density at radius 2 is 1.56 bits per heavy atom. The largest absolute Gasteiger partial charge is 0.418 e. The highest BCUT2D eigenvalue weighted by molar-refractivity contribution is 7.89. The van der Waals surface area contributed by atoms with E-state index in [1.165, 1.54) is 41.6 Å². The fraction of sp³-hybridized carbons (Fsp3) is 0.391. The summed E-state index contributed by atoms with van der Waals surface area (Å²) in [6.45, 7) is 5.96. The van der Waals surface area contributed by atoms with E-state index in [-0.39, 0.29) is 28.0 Å².